The van der Waals surface area contributed by atoms with Crippen molar-refractivity contribution < 1.29 is 14.3 Å². The molecule has 0 aromatic carbocycles. The van der Waals surface area contributed by atoms with E-state index in [-0.39, 0.29) is 24.8 Å². The van der Waals surface area contributed by atoms with Crippen molar-refractivity contribution in [3.05, 3.63) is 30.1 Å². The number of carbonyl (C=O) groups is 2. The molecular formula is C15H21N3O3. The van der Waals surface area contributed by atoms with E-state index in [2.05, 4.69) is 10.3 Å². The Labute approximate surface area is 124 Å². The molecule has 1 N–H and O–H groups in total. The summed E-state index contributed by atoms with van der Waals surface area (Å²) in [6.07, 6.45) is 5.01. The molecule has 1 aliphatic rings. The molecule has 0 aliphatic carbocycles. The summed E-state index contributed by atoms with van der Waals surface area (Å²) in [4.78, 5) is 30.6. The van der Waals surface area contributed by atoms with E-state index in [1.807, 2.05) is 6.07 Å². The quantitative estimate of drug-likeness (QED) is 0.851. The van der Waals surface area contributed by atoms with Gasteiger partial charge in [-0.1, -0.05) is 6.07 Å². The summed E-state index contributed by atoms with van der Waals surface area (Å²) >= 11 is 0. The minimum Gasteiger partial charge on any atom is -0.382 e. The van der Waals surface area contributed by atoms with E-state index in [0.717, 1.165) is 12.0 Å². The molecule has 1 atom stereocenters. The van der Waals surface area contributed by atoms with Gasteiger partial charge in [0.1, 0.15) is 5.54 Å². The van der Waals surface area contributed by atoms with Gasteiger partial charge in [-0.05, 0) is 24.5 Å². The van der Waals surface area contributed by atoms with E-state index in [1.54, 1.807) is 37.5 Å². The summed E-state index contributed by atoms with van der Waals surface area (Å²) in [6, 6.07) is 3.66. The summed E-state index contributed by atoms with van der Waals surface area (Å²) in [5.41, 5.74) is -0.0411. The second kappa shape index (κ2) is 6.67. The Bertz CT molecular complexity index is 506. The Morgan fingerprint density at radius 2 is 2.33 bits per heavy atom. The summed E-state index contributed by atoms with van der Waals surface area (Å²) in [6.45, 7) is 0.793. The number of aromatic nitrogens is 1. The lowest BCUT2D eigenvalue weighted by atomic mass is 9.95. The lowest BCUT2D eigenvalue weighted by Crippen LogP contribution is -2.59. The van der Waals surface area contributed by atoms with Gasteiger partial charge in [-0.3, -0.25) is 14.6 Å². The summed E-state index contributed by atoms with van der Waals surface area (Å²) < 4.78 is 5.22. The molecule has 1 aromatic rings. The van der Waals surface area contributed by atoms with Crippen molar-refractivity contribution in [1.29, 1.82) is 0 Å². The second-order valence-electron chi connectivity index (χ2n) is 5.23. The zero-order valence-corrected chi connectivity index (χ0v) is 12.5. The maximum absolute atomic E-state index is 12.6. The van der Waals surface area contributed by atoms with E-state index in [1.165, 1.54) is 0 Å². The van der Waals surface area contributed by atoms with Crippen molar-refractivity contribution in [1.82, 2.24) is 15.2 Å². The number of rotatable bonds is 5. The number of likely N-dealkylation sites (N-methyl/N-ethyl adjacent to an activating group) is 1. The number of hydrogen-bond donors (Lipinski definition) is 1. The van der Waals surface area contributed by atoms with Crippen molar-refractivity contribution in [3.63, 3.8) is 0 Å². The van der Waals surface area contributed by atoms with Crippen molar-refractivity contribution in [2.75, 3.05) is 27.3 Å². The minimum absolute atomic E-state index is 0.0684. The maximum atomic E-state index is 12.6. The first kappa shape index (κ1) is 15.4. The summed E-state index contributed by atoms with van der Waals surface area (Å²) in [5, 5.41) is 2.66. The largest absolute Gasteiger partial charge is 0.382 e. The van der Waals surface area contributed by atoms with Crippen LogP contribution in [0.25, 0.3) is 0 Å². The van der Waals surface area contributed by atoms with Gasteiger partial charge in [0.2, 0.25) is 11.8 Å². The van der Waals surface area contributed by atoms with Crippen LogP contribution < -0.4 is 5.32 Å². The van der Waals surface area contributed by atoms with Gasteiger partial charge in [-0.25, -0.2) is 0 Å². The normalized spacial score (nSPS) is 21.3. The first-order valence-corrected chi connectivity index (χ1v) is 7.04. The van der Waals surface area contributed by atoms with Gasteiger partial charge in [-0.2, -0.15) is 0 Å². The van der Waals surface area contributed by atoms with Gasteiger partial charge < -0.3 is 15.0 Å². The first-order valence-electron chi connectivity index (χ1n) is 7.04. The van der Waals surface area contributed by atoms with Crippen molar-refractivity contribution in [3.8, 4) is 0 Å². The highest BCUT2D eigenvalue weighted by Crippen LogP contribution is 2.30. The molecule has 1 aromatic heterocycles. The van der Waals surface area contributed by atoms with Gasteiger partial charge in [0.25, 0.3) is 0 Å². The predicted octanol–water partition coefficient (Wildman–Crippen LogP) is 0.378. The van der Waals surface area contributed by atoms with Crippen LogP contribution in [0.3, 0.4) is 0 Å². The fraction of sp³-hybridized carbons (Fsp3) is 0.533. The average Bonchev–Trinajstić information content (AvgIpc) is 2.93. The van der Waals surface area contributed by atoms with Crippen molar-refractivity contribution >= 4 is 11.8 Å². The molecule has 6 heteroatoms. The number of nitrogens with zero attached hydrogens (tertiary/aromatic N) is 2. The molecule has 6 nitrogen and oxygen atoms in total. The van der Waals surface area contributed by atoms with Gasteiger partial charge >= 0.3 is 0 Å². The van der Waals surface area contributed by atoms with Crippen LogP contribution in [0.1, 0.15) is 18.4 Å². The average molecular weight is 291 g/mol. The van der Waals surface area contributed by atoms with Crippen LogP contribution in [0.4, 0.5) is 0 Å². The highest BCUT2D eigenvalue weighted by molar-refractivity contribution is 5.92. The second-order valence-corrected chi connectivity index (χ2v) is 5.23. The number of nitrogens with one attached hydrogen (secondary N) is 1. The molecule has 0 bridgehead atoms. The SMILES string of the molecule is CNC(=O)C1(COC)CCCN1C(=O)Cc1cccnc1. The van der Waals surface area contributed by atoms with E-state index in [9.17, 15) is 9.59 Å². The fourth-order valence-corrected chi connectivity index (χ4v) is 2.94. The zero-order chi connectivity index (χ0) is 15.3. The molecule has 1 fully saturated rings. The monoisotopic (exact) mass is 291 g/mol. The van der Waals surface area contributed by atoms with Gasteiger partial charge in [-0.15, -0.1) is 0 Å². The predicted molar refractivity (Wildman–Crippen MR) is 77.6 cm³/mol. The van der Waals surface area contributed by atoms with E-state index < -0.39 is 5.54 Å². The number of pyridine rings is 1. The highest BCUT2D eigenvalue weighted by Gasteiger charge is 2.49. The Morgan fingerprint density at radius 1 is 1.52 bits per heavy atom. The van der Waals surface area contributed by atoms with Gasteiger partial charge in [0, 0.05) is 33.1 Å². The van der Waals surface area contributed by atoms with E-state index >= 15 is 0 Å². The Balaban J connectivity index is 2.19. The lowest BCUT2D eigenvalue weighted by molar-refractivity contribution is -0.147. The first-order chi connectivity index (χ1) is 10.1. The maximum Gasteiger partial charge on any atom is 0.248 e. The van der Waals surface area contributed by atoms with E-state index in [4.69, 9.17) is 4.74 Å². The smallest absolute Gasteiger partial charge is 0.248 e. The van der Waals surface area contributed by atoms with Crippen LogP contribution in [0.5, 0.6) is 0 Å². The summed E-state index contributed by atoms with van der Waals surface area (Å²) in [7, 11) is 3.13. The van der Waals surface area contributed by atoms with E-state index in [0.29, 0.717) is 13.0 Å². The molecule has 2 heterocycles. The van der Waals surface area contributed by atoms with Crippen LogP contribution >= 0.6 is 0 Å². The van der Waals surface area contributed by atoms with Crippen LogP contribution in [0.15, 0.2) is 24.5 Å². The molecule has 1 unspecified atom stereocenters. The number of carbonyl (C=O) groups excluding carboxylic acids is 2. The third-order valence-electron chi connectivity index (χ3n) is 3.90. The standard InChI is InChI=1S/C15H21N3O3/c1-16-14(20)15(11-21-2)6-4-8-18(15)13(19)9-12-5-3-7-17-10-12/h3,5,7,10H,4,6,8-9,11H2,1-2H3,(H,16,20). The van der Waals surface area contributed by atoms with Gasteiger partial charge in [0.05, 0.1) is 13.0 Å². The molecule has 114 valence electrons. The third kappa shape index (κ3) is 3.05. The molecule has 2 amide bonds. The summed E-state index contributed by atoms with van der Waals surface area (Å²) in [5.74, 6) is -0.234. The number of methoxy groups -OCH3 is 1. The van der Waals surface area contributed by atoms with Crippen molar-refractivity contribution in [2.24, 2.45) is 0 Å². The third-order valence-corrected chi connectivity index (χ3v) is 3.90. The molecule has 1 aliphatic heterocycles. The molecule has 0 saturated carbocycles. The van der Waals surface area contributed by atoms with Crippen LogP contribution in [-0.4, -0.2) is 54.5 Å². The number of ether oxygens (including phenoxy) is 1. The topological polar surface area (TPSA) is 71.5 Å². The van der Waals surface area contributed by atoms with Crippen LogP contribution in [0, 0.1) is 0 Å². The number of amides is 2. The Kier molecular flexibility index (Phi) is 4.90. The Morgan fingerprint density at radius 3 is 2.95 bits per heavy atom. The van der Waals surface area contributed by atoms with Gasteiger partial charge in [0.15, 0.2) is 0 Å². The molecular weight excluding hydrogens is 270 g/mol. The van der Waals surface area contributed by atoms with Crippen molar-refractivity contribution in [2.45, 2.75) is 24.8 Å². The molecule has 0 radical (unpaired) electrons. The van der Waals surface area contributed by atoms with Crippen LogP contribution in [0.2, 0.25) is 0 Å². The molecule has 0 spiro atoms. The minimum atomic E-state index is -0.886. The zero-order valence-electron chi connectivity index (χ0n) is 12.5. The number of likely N-dealkylation sites (tertiary alicyclic amines) is 1. The van der Waals surface area contributed by atoms with Crippen LogP contribution in [-0.2, 0) is 20.7 Å². The fourth-order valence-electron chi connectivity index (χ4n) is 2.94. The highest BCUT2D eigenvalue weighted by atomic mass is 16.5. The molecule has 2 rings (SSSR count). The molecule has 1 saturated heterocycles. The lowest BCUT2D eigenvalue weighted by Gasteiger charge is -2.36. The molecule has 21 heavy (non-hydrogen) atoms. The Hall–Kier alpha value is -1.95. The number of hydrogen-bond acceptors (Lipinski definition) is 4.